The fourth-order valence-electron chi connectivity index (χ4n) is 3.11. The number of piperazine rings is 1. The Labute approximate surface area is 161 Å². The van der Waals surface area contributed by atoms with Gasteiger partial charge in [-0.05, 0) is 51.3 Å². The zero-order chi connectivity index (χ0) is 19.1. The third kappa shape index (κ3) is 5.40. The molecule has 0 atom stereocenters. The molecule has 1 saturated heterocycles. The minimum atomic E-state index is -0.0622. The van der Waals surface area contributed by atoms with E-state index >= 15 is 0 Å². The quantitative estimate of drug-likeness (QED) is 0.747. The number of hydrogen-bond donors (Lipinski definition) is 1. The Bertz CT molecular complexity index is 711. The first-order valence-corrected chi connectivity index (χ1v) is 9.43. The first-order valence-electron chi connectivity index (χ1n) is 9.43. The summed E-state index contributed by atoms with van der Waals surface area (Å²) in [6.45, 7) is 5.23. The number of aromatic nitrogens is 2. The maximum absolute atomic E-state index is 12.2. The van der Waals surface area contributed by atoms with Gasteiger partial charge < -0.3 is 20.0 Å². The van der Waals surface area contributed by atoms with E-state index in [0.29, 0.717) is 12.1 Å². The molecule has 0 bridgehead atoms. The van der Waals surface area contributed by atoms with Crippen LogP contribution in [0.1, 0.15) is 16.8 Å². The highest BCUT2D eigenvalue weighted by molar-refractivity contribution is 5.94. The van der Waals surface area contributed by atoms with Crippen molar-refractivity contribution in [2.75, 3.05) is 63.2 Å². The summed E-state index contributed by atoms with van der Waals surface area (Å²) in [4.78, 5) is 27.7. The van der Waals surface area contributed by atoms with Crippen molar-refractivity contribution in [2.45, 2.75) is 6.42 Å². The maximum Gasteiger partial charge on any atom is 0.252 e. The lowest BCUT2D eigenvalue weighted by Crippen LogP contribution is -2.47. The van der Waals surface area contributed by atoms with Gasteiger partial charge in [0.25, 0.3) is 5.91 Å². The van der Waals surface area contributed by atoms with Gasteiger partial charge in [-0.15, -0.1) is 0 Å². The van der Waals surface area contributed by atoms with Crippen LogP contribution < -0.4 is 15.1 Å². The number of nitrogens with one attached hydrogen (secondary N) is 1. The monoisotopic (exact) mass is 368 g/mol. The van der Waals surface area contributed by atoms with Crippen LogP contribution >= 0.6 is 0 Å². The van der Waals surface area contributed by atoms with E-state index in [-0.39, 0.29) is 5.91 Å². The molecular weight excluding hydrogens is 340 g/mol. The minimum absolute atomic E-state index is 0.0622. The normalized spacial score (nSPS) is 14.5. The molecule has 7 heteroatoms. The average molecular weight is 368 g/mol. The Morgan fingerprint density at radius 2 is 1.74 bits per heavy atom. The highest BCUT2D eigenvalue weighted by Gasteiger charge is 2.19. The number of amides is 1. The van der Waals surface area contributed by atoms with Gasteiger partial charge in [-0.25, -0.2) is 9.97 Å². The molecule has 0 spiro atoms. The fraction of sp³-hybridized carbons (Fsp3) is 0.450. The molecule has 0 aromatic carbocycles. The molecule has 1 aliphatic heterocycles. The van der Waals surface area contributed by atoms with Crippen molar-refractivity contribution in [1.29, 1.82) is 0 Å². The summed E-state index contributed by atoms with van der Waals surface area (Å²) in [5.74, 6) is 1.87. The van der Waals surface area contributed by atoms with Crippen LogP contribution in [0.15, 0.2) is 42.7 Å². The Kier molecular flexibility index (Phi) is 6.59. The summed E-state index contributed by atoms with van der Waals surface area (Å²) in [5.41, 5.74) is 0.607. The number of pyridine rings is 2. The average Bonchev–Trinajstić information content (AvgIpc) is 2.72. The van der Waals surface area contributed by atoms with Gasteiger partial charge in [-0.2, -0.15) is 0 Å². The van der Waals surface area contributed by atoms with Gasteiger partial charge >= 0.3 is 0 Å². The van der Waals surface area contributed by atoms with Crippen LogP contribution in [0, 0.1) is 0 Å². The lowest BCUT2D eigenvalue weighted by Gasteiger charge is -2.36. The largest absolute Gasteiger partial charge is 0.353 e. The topological polar surface area (TPSA) is 64.6 Å². The zero-order valence-electron chi connectivity index (χ0n) is 16.1. The van der Waals surface area contributed by atoms with Gasteiger partial charge in [0.2, 0.25) is 0 Å². The van der Waals surface area contributed by atoms with Gasteiger partial charge in [0.05, 0.1) is 5.56 Å². The molecule has 1 aliphatic rings. The summed E-state index contributed by atoms with van der Waals surface area (Å²) < 4.78 is 0. The van der Waals surface area contributed by atoms with Crippen LogP contribution in [0.2, 0.25) is 0 Å². The van der Waals surface area contributed by atoms with E-state index in [1.54, 1.807) is 6.20 Å². The molecule has 0 unspecified atom stereocenters. The van der Waals surface area contributed by atoms with Crippen molar-refractivity contribution < 1.29 is 4.79 Å². The summed E-state index contributed by atoms with van der Waals surface area (Å²) in [5, 5.41) is 2.94. The highest BCUT2D eigenvalue weighted by atomic mass is 16.1. The van der Waals surface area contributed by atoms with Crippen molar-refractivity contribution in [1.82, 2.24) is 20.2 Å². The van der Waals surface area contributed by atoms with Crippen molar-refractivity contribution in [3.8, 4) is 0 Å². The van der Waals surface area contributed by atoms with Gasteiger partial charge in [-0.1, -0.05) is 6.07 Å². The first-order chi connectivity index (χ1) is 13.1. The fourth-order valence-corrected chi connectivity index (χ4v) is 3.11. The van der Waals surface area contributed by atoms with Crippen LogP contribution in [0.4, 0.5) is 11.6 Å². The Morgan fingerprint density at radius 3 is 2.30 bits per heavy atom. The number of hydrogen-bond acceptors (Lipinski definition) is 6. The van der Waals surface area contributed by atoms with Crippen LogP contribution in [0.3, 0.4) is 0 Å². The predicted octanol–water partition coefficient (Wildman–Crippen LogP) is 1.48. The van der Waals surface area contributed by atoms with Crippen molar-refractivity contribution >= 4 is 17.5 Å². The number of rotatable bonds is 7. The standard InChI is InChI=1S/C20H28N6O/c1-24(2)11-5-10-22-20(27)17-7-8-19(23-16-17)26-14-12-25(13-15-26)18-6-3-4-9-21-18/h3-4,6-9,16H,5,10-15H2,1-2H3,(H,22,27). The maximum atomic E-state index is 12.2. The summed E-state index contributed by atoms with van der Waals surface area (Å²) in [7, 11) is 4.06. The predicted molar refractivity (Wildman–Crippen MR) is 108 cm³/mol. The van der Waals surface area contributed by atoms with Crippen LogP contribution in [-0.2, 0) is 0 Å². The number of carbonyl (C=O) groups is 1. The molecule has 2 aromatic rings. The van der Waals surface area contributed by atoms with E-state index in [9.17, 15) is 4.79 Å². The summed E-state index contributed by atoms with van der Waals surface area (Å²) in [6, 6.07) is 9.78. The lowest BCUT2D eigenvalue weighted by molar-refractivity contribution is 0.0952. The minimum Gasteiger partial charge on any atom is -0.353 e. The van der Waals surface area contributed by atoms with Crippen LogP contribution in [-0.4, -0.2) is 74.1 Å². The summed E-state index contributed by atoms with van der Waals surface area (Å²) in [6.07, 6.45) is 4.43. The highest BCUT2D eigenvalue weighted by Crippen LogP contribution is 2.17. The van der Waals surface area contributed by atoms with Gasteiger partial charge in [0, 0.05) is 45.1 Å². The number of nitrogens with zero attached hydrogens (tertiary/aromatic N) is 5. The molecule has 27 heavy (non-hydrogen) atoms. The smallest absolute Gasteiger partial charge is 0.252 e. The van der Waals surface area contributed by atoms with Crippen LogP contribution in [0.25, 0.3) is 0 Å². The SMILES string of the molecule is CN(C)CCCNC(=O)c1ccc(N2CCN(c3ccccn3)CC2)nc1. The molecule has 2 aromatic heterocycles. The second-order valence-corrected chi connectivity index (χ2v) is 6.98. The van der Waals surface area contributed by atoms with E-state index in [4.69, 9.17) is 0 Å². The zero-order valence-corrected chi connectivity index (χ0v) is 16.1. The molecule has 0 radical (unpaired) electrons. The van der Waals surface area contributed by atoms with E-state index in [1.807, 2.05) is 50.6 Å². The molecule has 1 amide bonds. The third-order valence-corrected chi connectivity index (χ3v) is 4.65. The Hall–Kier alpha value is -2.67. The molecule has 7 nitrogen and oxygen atoms in total. The van der Waals surface area contributed by atoms with Crippen molar-refractivity contribution in [2.24, 2.45) is 0 Å². The first kappa shape index (κ1) is 19.1. The molecule has 3 heterocycles. The van der Waals surface area contributed by atoms with E-state index in [2.05, 4.69) is 30.0 Å². The molecule has 144 valence electrons. The van der Waals surface area contributed by atoms with Gasteiger partial charge in [0.1, 0.15) is 11.6 Å². The van der Waals surface area contributed by atoms with Gasteiger partial charge in [-0.3, -0.25) is 4.79 Å². The van der Waals surface area contributed by atoms with Gasteiger partial charge in [0.15, 0.2) is 0 Å². The second kappa shape index (κ2) is 9.32. The second-order valence-electron chi connectivity index (χ2n) is 6.98. The number of anilines is 2. The molecule has 0 aliphatic carbocycles. The molecule has 3 rings (SSSR count). The molecule has 1 N–H and O–H groups in total. The summed E-state index contributed by atoms with van der Waals surface area (Å²) >= 11 is 0. The van der Waals surface area contributed by atoms with E-state index in [1.165, 1.54) is 0 Å². The number of carbonyl (C=O) groups excluding carboxylic acids is 1. The Morgan fingerprint density at radius 1 is 1.04 bits per heavy atom. The molecule has 0 saturated carbocycles. The van der Waals surface area contributed by atoms with E-state index in [0.717, 1.165) is 50.8 Å². The Balaban J connectivity index is 1.48. The van der Waals surface area contributed by atoms with Crippen LogP contribution in [0.5, 0.6) is 0 Å². The van der Waals surface area contributed by atoms with E-state index < -0.39 is 0 Å². The van der Waals surface area contributed by atoms with Crippen molar-refractivity contribution in [3.63, 3.8) is 0 Å². The third-order valence-electron chi connectivity index (χ3n) is 4.65. The van der Waals surface area contributed by atoms with Crippen molar-refractivity contribution in [3.05, 3.63) is 48.3 Å². The molecular formula is C20H28N6O. The molecule has 1 fully saturated rings. The lowest BCUT2D eigenvalue weighted by atomic mass is 10.2.